The predicted molar refractivity (Wildman–Crippen MR) is 106 cm³/mol. The number of benzene rings is 2. The second-order valence-corrected chi connectivity index (χ2v) is 8.04. The summed E-state index contributed by atoms with van der Waals surface area (Å²) < 4.78 is 7.04. The molecular formula is C21H23BrN2O. The molecule has 0 saturated heterocycles. The molecule has 3 nitrogen and oxygen atoms in total. The fourth-order valence-electron chi connectivity index (χ4n) is 3.53. The number of fused-ring (bicyclic) bond motifs is 3. The van der Waals surface area contributed by atoms with Gasteiger partial charge in [0.2, 0.25) is 0 Å². The van der Waals surface area contributed by atoms with Crippen molar-refractivity contribution in [3.63, 3.8) is 0 Å². The number of nitrogens with one attached hydrogen (secondary N) is 2. The normalized spacial score (nSPS) is 17.0. The molecule has 0 radical (unpaired) electrons. The summed E-state index contributed by atoms with van der Waals surface area (Å²) in [6.45, 7) is 6.06. The Kier molecular flexibility index (Phi) is 4.57. The fraction of sp³-hybridized carbons (Fsp3) is 0.333. The molecule has 0 spiro atoms. The Bertz CT molecular complexity index is 900. The van der Waals surface area contributed by atoms with Crippen molar-refractivity contribution in [1.29, 1.82) is 0 Å². The Morgan fingerprint density at radius 3 is 2.92 bits per heavy atom. The van der Waals surface area contributed by atoms with Crippen molar-refractivity contribution in [2.75, 3.05) is 13.2 Å². The predicted octanol–water partition coefficient (Wildman–Crippen LogP) is 5.20. The molecule has 1 aliphatic rings. The maximum absolute atomic E-state index is 5.92. The summed E-state index contributed by atoms with van der Waals surface area (Å²) in [5.41, 5.74) is 5.15. The van der Waals surface area contributed by atoms with Gasteiger partial charge in [0.15, 0.2) is 0 Å². The number of rotatable bonds is 4. The third-order valence-corrected chi connectivity index (χ3v) is 5.18. The van der Waals surface area contributed by atoms with Crippen LogP contribution in [-0.4, -0.2) is 18.1 Å². The van der Waals surface area contributed by atoms with E-state index in [1.54, 1.807) is 0 Å². The van der Waals surface area contributed by atoms with Crippen LogP contribution in [0, 0.1) is 5.92 Å². The van der Waals surface area contributed by atoms with Crippen molar-refractivity contribution in [2.45, 2.75) is 26.3 Å². The van der Waals surface area contributed by atoms with Gasteiger partial charge in [-0.05, 0) is 53.8 Å². The maximum atomic E-state index is 5.92. The first-order valence-corrected chi connectivity index (χ1v) is 9.67. The zero-order valence-corrected chi connectivity index (χ0v) is 16.2. The Labute approximate surface area is 156 Å². The van der Waals surface area contributed by atoms with E-state index in [-0.39, 0.29) is 6.04 Å². The van der Waals surface area contributed by atoms with Gasteiger partial charge in [0.1, 0.15) is 5.75 Å². The topological polar surface area (TPSA) is 37.0 Å². The van der Waals surface area contributed by atoms with Crippen molar-refractivity contribution < 1.29 is 4.74 Å². The van der Waals surface area contributed by atoms with Crippen LogP contribution in [0.2, 0.25) is 0 Å². The number of ether oxygens (including phenoxy) is 1. The van der Waals surface area contributed by atoms with Gasteiger partial charge >= 0.3 is 0 Å². The lowest BCUT2D eigenvalue weighted by Crippen LogP contribution is -2.30. The summed E-state index contributed by atoms with van der Waals surface area (Å²) in [6.07, 6.45) is 1.05. The first-order chi connectivity index (χ1) is 12.1. The van der Waals surface area contributed by atoms with E-state index in [4.69, 9.17) is 4.74 Å². The summed E-state index contributed by atoms with van der Waals surface area (Å²) in [4.78, 5) is 3.64. The molecular weight excluding hydrogens is 376 g/mol. The summed E-state index contributed by atoms with van der Waals surface area (Å²) in [5.74, 6) is 1.47. The Hall–Kier alpha value is -1.78. The van der Waals surface area contributed by atoms with E-state index in [0.717, 1.165) is 29.8 Å². The second-order valence-electron chi connectivity index (χ2n) is 7.12. The molecule has 4 heteroatoms. The van der Waals surface area contributed by atoms with E-state index in [9.17, 15) is 0 Å². The molecule has 0 saturated carbocycles. The lowest BCUT2D eigenvalue weighted by molar-refractivity contribution is 0.270. The zero-order valence-electron chi connectivity index (χ0n) is 14.6. The monoisotopic (exact) mass is 398 g/mol. The smallest absolute Gasteiger partial charge is 0.119 e. The van der Waals surface area contributed by atoms with Crippen LogP contribution in [-0.2, 0) is 6.42 Å². The molecule has 1 unspecified atom stereocenters. The highest BCUT2D eigenvalue weighted by Gasteiger charge is 2.25. The average molecular weight is 399 g/mol. The number of aromatic amines is 1. The van der Waals surface area contributed by atoms with Crippen LogP contribution in [0.3, 0.4) is 0 Å². The lowest BCUT2D eigenvalue weighted by atomic mass is 9.94. The van der Waals surface area contributed by atoms with Crippen LogP contribution in [0.15, 0.2) is 46.9 Å². The third kappa shape index (κ3) is 3.33. The largest absolute Gasteiger partial charge is 0.493 e. The van der Waals surface area contributed by atoms with E-state index < -0.39 is 0 Å². The van der Waals surface area contributed by atoms with Crippen molar-refractivity contribution >= 4 is 26.8 Å². The fourth-order valence-corrected chi connectivity index (χ4v) is 3.89. The summed E-state index contributed by atoms with van der Waals surface area (Å²) >= 11 is 3.60. The van der Waals surface area contributed by atoms with Gasteiger partial charge in [0, 0.05) is 27.6 Å². The first kappa shape index (κ1) is 16.7. The van der Waals surface area contributed by atoms with Crippen LogP contribution in [0.5, 0.6) is 5.75 Å². The number of hydrogen-bond donors (Lipinski definition) is 2. The van der Waals surface area contributed by atoms with E-state index in [0.29, 0.717) is 5.92 Å². The molecule has 4 rings (SSSR count). The molecule has 1 aliphatic heterocycles. The minimum absolute atomic E-state index is 0.178. The lowest BCUT2D eigenvalue weighted by Gasteiger charge is -2.25. The van der Waals surface area contributed by atoms with Gasteiger partial charge < -0.3 is 15.0 Å². The second kappa shape index (κ2) is 6.85. The molecule has 2 N–H and O–H groups in total. The summed E-state index contributed by atoms with van der Waals surface area (Å²) in [7, 11) is 0. The molecule has 0 fully saturated rings. The van der Waals surface area contributed by atoms with E-state index in [1.165, 1.54) is 27.7 Å². The zero-order chi connectivity index (χ0) is 17.4. The van der Waals surface area contributed by atoms with Crippen LogP contribution >= 0.6 is 15.9 Å². The van der Waals surface area contributed by atoms with Crippen LogP contribution in [0.4, 0.5) is 0 Å². The molecule has 130 valence electrons. The van der Waals surface area contributed by atoms with Gasteiger partial charge in [-0.15, -0.1) is 0 Å². The Balaban J connectivity index is 1.71. The highest BCUT2D eigenvalue weighted by atomic mass is 79.9. The van der Waals surface area contributed by atoms with Crippen LogP contribution in [0.25, 0.3) is 10.9 Å². The average Bonchev–Trinajstić information content (AvgIpc) is 2.98. The third-order valence-electron chi connectivity index (χ3n) is 4.69. The molecule has 0 aliphatic carbocycles. The number of aromatic nitrogens is 1. The highest BCUT2D eigenvalue weighted by Crippen LogP contribution is 2.35. The van der Waals surface area contributed by atoms with Gasteiger partial charge in [-0.25, -0.2) is 0 Å². The van der Waals surface area contributed by atoms with E-state index >= 15 is 0 Å². The number of halogens is 1. The molecule has 3 aromatic rings. The molecule has 25 heavy (non-hydrogen) atoms. The summed E-state index contributed by atoms with van der Waals surface area (Å²) in [5, 5.41) is 4.98. The molecule has 1 atom stereocenters. The molecule has 0 amide bonds. The van der Waals surface area contributed by atoms with Gasteiger partial charge in [-0.1, -0.05) is 41.9 Å². The van der Waals surface area contributed by atoms with Crippen molar-refractivity contribution in [2.24, 2.45) is 5.92 Å². The number of H-pyrrole nitrogens is 1. The summed E-state index contributed by atoms with van der Waals surface area (Å²) in [6, 6.07) is 15.1. The van der Waals surface area contributed by atoms with Gasteiger partial charge in [-0.2, -0.15) is 0 Å². The minimum Gasteiger partial charge on any atom is -0.493 e. The molecule has 0 bridgehead atoms. The highest BCUT2D eigenvalue weighted by molar-refractivity contribution is 9.10. The minimum atomic E-state index is 0.178. The van der Waals surface area contributed by atoms with E-state index in [2.05, 4.69) is 76.5 Å². The Morgan fingerprint density at radius 1 is 1.20 bits per heavy atom. The van der Waals surface area contributed by atoms with Crippen molar-refractivity contribution in [1.82, 2.24) is 10.3 Å². The van der Waals surface area contributed by atoms with Crippen LogP contribution in [0.1, 0.15) is 36.7 Å². The molecule has 2 heterocycles. The quantitative estimate of drug-likeness (QED) is 0.633. The SMILES string of the molecule is CC(C)COc1cccc(C2NCCc3c2[nH]c2ccc(Br)cc32)c1. The van der Waals surface area contributed by atoms with Gasteiger partial charge in [-0.3, -0.25) is 0 Å². The van der Waals surface area contributed by atoms with Gasteiger partial charge in [0.05, 0.1) is 12.6 Å². The maximum Gasteiger partial charge on any atom is 0.119 e. The van der Waals surface area contributed by atoms with Crippen molar-refractivity contribution in [3.05, 3.63) is 63.8 Å². The van der Waals surface area contributed by atoms with Crippen molar-refractivity contribution in [3.8, 4) is 5.75 Å². The van der Waals surface area contributed by atoms with Gasteiger partial charge in [0.25, 0.3) is 0 Å². The van der Waals surface area contributed by atoms with Crippen LogP contribution < -0.4 is 10.1 Å². The standard InChI is InChI=1S/C21H23BrN2O/c1-13(2)12-25-16-5-3-4-14(10-16)20-21-17(8-9-23-20)18-11-15(22)6-7-19(18)24-21/h3-7,10-11,13,20,23-24H,8-9,12H2,1-2H3. The number of hydrogen-bond acceptors (Lipinski definition) is 2. The molecule has 1 aromatic heterocycles. The first-order valence-electron chi connectivity index (χ1n) is 8.88. The van der Waals surface area contributed by atoms with E-state index in [1.807, 2.05) is 6.07 Å². The molecule has 2 aromatic carbocycles. The Morgan fingerprint density at radius 2 is 2.08 bits per heavy atom.